The van der Waals surface area contributed by atoms with Crippen molar-refractivity contribution in [3.63, 3.8) is 0 Å². The molecular weight excluding hydrogens is 348 g/mol. The molecule has 1 fully saturated rings. The van der Waals surface area contributed by atoms with Crippen LogP contribution in [-0.2, 0) is 0 Å². The molecule has 1 heterocycles. The molecule has 0 aliphatic carbocycles. The molecule has 1 saturated heterocycles. The van der Waals surface area contributed by atoms with Crippen molar-refractivity contribution >= 4 is 24.1 Å². The number of rotatable bonds is 4. The summed E-state index contributed by atoms with van der Waals surface area (Å²) in [6, 6.07) is 15.1. The molecule has 0 atom stereocenters. The maximum absolute atomic E-state index is 13.0. The molecule has 1 aliphatic rings. The Hall–Kier alpha value is -2.17. The number of ketones is 1. The second kappa shape index (κ2) is 8.97. The number of amides is 1. The quantitative estimate of drug-likeness (QED) is 0.836. The zero-order chi connectivity index (χ0) is 17.8. The predicted molar refractivity (Wildman–Crippen MR) is 106 cm³/mol. The minimum atomic E-state index is -0.103. The van der Waals surface area contributed by atoms with Gasteiger partial charge >= 0.3 is 0 Å². The van der Waals surface area contributed by atoms with Crippen LogP contribution in [0.3, 0.4) is 0 Å². The third-order valence-electron chi connectivity index (χ3n) is 4.91. The van der Waals surface area contributed by atoms with Crippen LogP contribution in [0.15, 0.2) is 48.5 Å². The summed E-state index contributed by atoms with van der Waals surface area (Å²) in [5.74, 6) is -0.153. The first-order valence-corrected chi connectivity index (χ1v) is 8.77. The molecule has 0 bridgehead atoms. The Balaban J connectivity index is 0.00000243. The maximum atomic E-state index is 13.0. The summed E-state index contributed by atoms with van der Waals surface area (Å²) in [7, 11) is 1.96. The second-order valence-electron chi connectivity index (χ2n) is 6.60. The van der Waals surface area contributed by atoms with Gasteiger partial charge in [-0.3, -0.25) is 9.59 Å². The van der Waals surface area contributed by atoms with E-state index in [9.17, 15) is 9.59 Å². The van der Waals surface area contributed by atoms with Gasteiger partial charge in [0.25, 0.3) is 5.91 Å². The number of benzene rings is 2. The van der Waals surface area contributed by atoms with Crippen LogP contribution in [-0.4, -0.2) is 42.8 Å². The van der Waals surface area contributed by atoms with Crippen molar-refractivity contribution in [1.82, 2.24) is 10.2 Å². The number of carbonyl (C=O) groups excluding carboxylic acids is 2. The Morgan fingerprint density at radius 3 is 2.12 bits per heavy atom. The third kappa shape index (κ3) is 4.32. The molecule has 0 aromatic heterocycles. The van der Waals surface area contributed by atoms with Gasteiger partial charge in [0.1, 0.15) is 0 Å². The largest absolute Gasteiger partial charge is 0.339 e. The zero-order valence-electron chi connectivity index (χ0n) is 15.2. The van der Waals surface area contributed by atoms with E-state index < -0.39 is 0 Å². The average molecular weight is 373 g/mol. The Kier molecular flexibility index (Phi) is 6.95. The number of likely N-dealkylation sites (tertiary alicyclic amines) is 1. The van der Waals surface area contributed by atoms with Crippen molar-refractivity contribution in [2.24, 2.45) is 0 Å². The summed E-state index contributed by atoms with van der Waals surface area (Å²) in [5, 5.41) is 3.27. The first kappa shape index (κ1) is 20.1. The molecule has 4 nitrogen and oxygen atoms in total. The minimum absolute atomic E-state index is 0. The summed E-state index contributed by atoms with van der Waals surface area (Å²) in [6.45, 7) is 3.43. The Morgan fingerprint density at radius 1 is 0.962 bits per heavy atom. The van der Waals surface area contributed by atoms with Crippen LogP contribution >= 0.6 is 12.4 Å². The lowest BCUT2D eigenvalue weighted by molar-refractivity contribution is 0.0703. The summed E-state index contributed by atoms with van der Waals surface area (Å²) >= 11 is 0. The van der Waals surface area contributed by atoms with Crippen LogP contribution in [0.5, 0.6) is 0 Å². The van der Waals surface area contributed by atoms with E-state index in [0.29, 0.717) is 22.7 Å². The first-order valence-electron chi connectivity index (χ1n) is 8.77. The zero-order valence-corrected chi connectivity index (χ0v) is 16.0. The third-order valence-corrected chi connectivity index (χ3v) is 4.91. The van der Waals surface area contributed by atoms with Crippen LogP contribution in [0.2, 0.25) is 0 Å². The Bertz CT molecular complexity index is 766. The van der Waals surface area contributed by atoms with Gasteiger partial charge < -0.3 is 10.2 Å². The second-order valence-corrected chi connectivity index (χ2v) is 6.60. The molecule has 26 heavy (non-hydrogen) atoms. The molecule has 1 amide bonds. The average Bonchev–Trinajstić information content (AvgIpc) is 2.67. The highest BCUT2D eigenvalue weighted by molar-refractivity contribution is 6.15. The number of carbonyl (C=O) groups is 2. The van der Waals surface area contributed by atoms with Gasteiger partial charge in [0.15, 0.2) is 5.78 Å². The van der Waals surface area contributed by atoms with E-state index in [1.165, 1.54) is 0 Å². The molecular formula is C21H25ClN2O2. The summed E-state index contributed by atoms with van der Waals surface area (Å²) in [4.78, 5) is 27.7. The molecule has 1 N–H and O–H groups in total. The number of piperidine rings is 1. The van der Waals surface area contributed by atoms with E-state index in [1.807, 2.05) is 55.3 Å². The van der Waals surface area contributed by atoms with E-state index in [0.717, 1.165) is 31.5 Å². The van der Waals surface area contributed by atoms with E-state index in [-0.39, 0.29) is 24.1 Å². The van der Waals surface area contributed by atoms with E-state index in [4.69, 9.17) is 0 Å². The van der Waals surface area contributed by atoms with Gasteiger partial charge in [-0.25, -0.2) is 0 Å². The van der Waals surface area contributed by atoms with Gasteiger partial charge in [0, 0.05) is 30.3 Å². The maximum Gasteiger partial charge on any atom is 0.254 e. The standard InChI is InChI=1S/C21H24N2O2.ClH/c1-15-7-9-16(10-8-15)20(24)18-5-3-4-6-19(18)21(25)23-13-11-17(22-2)12-14-23;/h3-10,17,22H,11-14H2,1-2H3;1H. The van der Waals surface area contributed by atoms with Crippen LogP contribution in [0, 0.1) is 6.92 Å². The first-order chi connectivity index (χ1) is 12.1. The monoisotopic (exact) mass is 372 g/mol. The molecule has 3 rings (SSSR count). The van der Waals surface area contributed by atoms with Crippen molar-refractivity contribution in [1.29, 1.82) is 0 Å². The topological polar surface area (TPSA) is 49.4 Å². The smallest absolute Gasteiger partial charge is 0.254 e. The van der Waals surface area contributed by atoms with Crippen molar-refractivity contribution in [3.05, 3.63) is 70.8 Å². The molecule has 0 spiro atoms. The van der Waals surface area contributed by atoms with Crippen LogP contribution in [0.25, 0.3) is 0 Å². The van der Waals surface area contributed by atoms with E-state index >= 15 is 0 Å². The molecule has 5 heteroatoms. The fourth-order valence-corrected chi connectivity index (χ4v) is 3.27. The lowest BCUT2D eigenvalue weighted by Crippen LogP contribution is -2.44. The van der Waals surface area contributed by atoms with Crippen molar-refractivity contribution in [2.45, 2.75) is 25.8 Å². The van der Waals surface area contributed by atoms with E-state index in [1.54, 1.807) is 12.1 Å². The molecule has 1 aliphatic heterocycles. The van der Waals surface area contributed by atoms with Crippen molar-refractivity contribution in [3.8, 4) is 0 Å². The SMILES string of the molecule is CNC1CCN(C(=O)c2ccccc2C(=O)c2ccc(C)cc2)CC1.Cl. The van der Waals surface area contributed by atoms with Crippen molar-refractivity contribution in [2.75, 3.05) is 20.1 Å². The Labute approximate surface area is 161 Å². The lowest BCUT2D eigenvalue weighted by Gasteiger charge is -2.32. The lowest BCUT2D eigenvalue weighted by atomic mass is 9.96. The van der Waals surface area contributed by atoms with Gasteiger partial charge in [-0.15, -0.1) is 12.4 Å². The van der Waals surface area contributed by atoms with Gasteiger partial charge in [0.2, 0.25) is 0 Å². The van der Waals surface area contributed by atoms with Gasteiger partial charge in [-0.05, 0) is 32.9 Å². The molecule has 2 aromatic rings. The van der Waals surface area contributed by atoms with Gasteiger partial charge in [0.05, 0.1) is 5.56 Å². The number of hydrogen-bond acceptors (Lipinski definition) is 3. The van der Waals surface area contributed by atoms with Gasteiger partial charge in [-0.1, -0.05) is 48.0 Å². The number of halogens is 1. The highest BCUT2D eigenvalue weighted by Crippen LogP contribution is 2.19. The number of aryl methyl sites for hydroxylation is 1. The highest BCUT2D eigenvalue weighted by Gasteiger charge is 2.26. The number of nitrogens with zero attached hydrogens (tertiary/aromatic N) is 1. The molecule has 0 saturated carbocycles. The van der Waals surface area contributed by atoms with Crippen LogP contribution in [0.1, 0.15) is 44.7 Å². The predicted octanol–water partition coefficient (Wildman–Crippen LogP) is 3.47. The number of nitrogens with one attached hydrogen (secondary N) is 1. The van der Waals surface area contributed by atoms with Gasteiger partial charge in [-0.2, -0.15) is 0 Å². The summed E-state index contributed by atoms with van der Waals surface area (Å²) < 4.78 is 0. The summed E-state index contributed by atoms with van der Waals surface area (Å²) in [5.41, 5.74) is 2.69. The highest BCUT2D eigenvalue weighted by atomic mass is 35.5. The fourth-order valence-electron chi connectivity index (χ4n) is 3.27. The summed E-state index contributed by atoms with van der Waals surface area (Å²) in [6.07, 6.45) is 1.88. The molecule has 0 unspecified atom stereocenters. The number of hydrogen-bond donors (Lipinski definition) is 1. The normalized spacial score (nSPS) is 14.6. The van der Waals surface area contributed by atoms with Crippen LogP contribution in [0.4, 0.5) is 0 Å². The van der Waals surface area contributed by atoms with Crippen LogP contribution < -0.4 is 5.32 Å². The minimum Gasteiger partial charge on any atom is -0.339 e. The molecule has 0 radical (unpaired) electrons. The molecule has 138 valence electrons. The van der Waals surface area contributed by atoms with E-state index in [2.05, 4.69) is 5.32 Å². The Morgan fingerprint density at radius 2 is 1.54 bits per heavy atom. The fraction of sp³-hybridized carbons (Fsp3) is 0.333. The van der Waals surface area contributed by atoms with Crippen molar-refractivity contribution < 1.29 is 9.59 Å². The molecule has 2 aromatic carbocycles.